The maximum Gasteiger partial charge on any atom is 0.0947 e. The first kappa shape index (κ1) is 32.0. The van der Waals surface area contributed by atoms with Crippen LogP contribution in [-0.2, 0) is 4.74 Å². The Morgan fingerprint density at radius 2 is 1.37 bits per heavy atom. The summed E-state index contributed by atoms with van der Waals surface area (Å²) in [4.78, 5) is 0. The molecule has 0 amide bonds. The molecule has 0 spiro atoms. The van der Waals surface area contributed by atoms with Crippen molar-refractivity contribution in [1.82, 2.24) is 0 Å². The van der Waals surface area contributed by atoms with E-state index in [9.17, 15) is 20.4 Å². The molecule has 1 aliphatic rings. The number of aliphatic hydroxyl groups excluding tert-OH is 3. The summed E-state index contributed by atoms with van der Waals surface area (Å²) in [5.41, 5.74) is 1.28. The lowest BCUT2D eigenvalue weighted by atomic mass is 9.80. The van der Waals surface area contributed by atoms with E-state index in [0.717, 1.165) is 31.3 Å². The van der Waals surface area contributed by atoms with Crippen LogP contribution in [0.4, 0.5) is 0 Å². The van der Waals surface area contributed by atoms with Gasteiger partial charge in [0, 0.05) is 0 Å². The van der Waals surface area contributed by atoms with Crippen molar-refractivity contribution in [1.29, 1.82) is 0 Å². The van der Waals surface area contributed by atoms with Gasteiger partial charge in [-0.25, -0.2) is 0 Å². The molecule has 1 heterocycles. The maximum absolute atomic E-state index is 11.2. The van der Waals surface area contributed by atoms with Gasteiger partial charge in [-0.15, -0.1) is 0 Å². The van der Waals surface area contributed by atoms with Gasteiger partial charge >= 0.3 is 0 Å². The summed E-state index contributed by atoms with van der Waals surface area (Å²) in [6.07, 6.45) is 11.0. The summed E-state index contributed by atoms with van der Waals surface area (Å²) in [5.74, 6) is 0. The van der Waals surface area contributed by atoms with Crippen molar-refractivity contribution in [3.63, 3.8) is 0 Å². The Morgan fingerprint density at radius 1 is 0.829 bits per heavy atom. The molecule has 0 bridgehead atoms. The van der Waals surface area contributed by atoms with Gasteiger partial charge in [0.15, 0.2) is 0 Å². The Bertz CT molecular complexity index is 729. The minimum atomic E-state index is -0.968. The Morgan fingerprint density at radius 3 is 1.97 bits per heavy atom. The minimum Gasteiger partial charge on any atom is -0.390 e. The van der Waals surface area contributed by atoms with Gasteiger partial charge in [-0.3, -0.25) is 0 Å². The second-order valence-corrected chi connectivity index (χ2v) is 11.9. The molecular weight excluding hydrogens is 440 g/mol. The molecule has 5 heteroatoms. The molecule has 0 aromatic carbocycles. The largest absolute Gasteiger partial charge is 0.390 e. The fraction of sp³-hybridized carbons (Fsp3) is 0.800. The normalized spacial score (nSPS) is 27.1. The summed E-state index contributed by atoms with van der Waals surface area (Å²) in [6, 6.07) is 0. The summed E-state index contributed by atoms with van der Waals surface area (Å²) in [6.45, 7) is 16.0. The third kappa shape index (κ3) is 10.5. The van der Waals surface area contributed by atoms with Crippen LogP contribution in [0.25, 0.3) is 0 Å². The van der Waals surface area contributed by atoms with Crippen LogP contribution in [0, 0.1) is 0 Å². The zero-order valence-corrected chi connectivity index (χ0v) is 23.7. The quantitative estimate of drug-likeness (QED) is 0.205. The van der Waals surface area contributed by atoms with Gasteiger partial charge in [0.25, 0.3) is 0 Å². The van der Waals surface area contributed by atoms with Crippen molar-refractivity contribution < 1.29 is 25.2 Å². The van der Waals surface area contributed by atoms with E-state index in [1.54, 1.807) is 0 Å². The van der Waals surface area contributed by atoms with Crippen LogP contribution in [-0.4, -0.2) is 55.5 Å². The molecule has 4 N–H and O–H groups in total. The van der Waals surface area contributed by atoms with Crippen LogP contribution >= 0.6 is 0 Å². The number of rotatable bonds is 15. The van der Waals surface area contributed by atoms with Gasteiger partial charge in [0.05, 0.1) is 35.1 Å². The van der Waals surface area contributed by atoms with Crippen molar-refractivity contribution in [3.8, 4) is 0 Å². The maximum atomic E-state index is 11.2. The molecule has 0 saturated carbocycles. The van der Waals surface area contributed by atoms with E-state index >= 15 is 0 Å². The van der Waals surface area contributed by atoms with Crippen LogP contribution in [0.5, 0.6) is 0 Å². The fourth-order valence-electron chi connectivity index (χ4n) is 4.82. The minimum absolute atomic E-state index is 0.530. The Hall–Kier alpha value is -0.980. The summed E-state index contributed by atoms with van der Waals surface area (Å²) < 4.78 is 6.42. The molecular formula is C30H54O5. The molecule has 0 aliphatic carbocycles. The predicted octanol–water partition coefficient (Wildman–Crippen LogP) is 6.15. The molecule has 6 atom stereocenters. The van der Waals surface area contributed by atoms with Crippen molar-refractivity contribution in [2.24, 2.45) is 0 Å². The van der Waals surface area contributed by atoms with Gasteiger partial charge in [-0.1, -0.05) is 34.9 Å². The van der Waals surface area contributed by atoms with Gasteiger partial charge in [-0.2, -0.15) is 0 Å². The van der Waals surface area contributed by atoms with Crippen LogP contribution in [0.15, 0.2) is 34.9 Å². The smallest absolute Gasteiger partial charge is 0.0947 e. The van der Waals surface area contributed by atoms with Crippen LogP contribution in [0.1, 0.15) is 120 Å². The van der Waals surface area contributed by atoms with Gasteiger partial charge in [0.1, 0.15) is 0 Å². The zero-order chi connectivity index (χ0) is 26.9. The van der Waals surface area contributed by atoms with Gasteiger partial charge < -0.3 is 25.2 Å². The number of aliphatic hydroxyl groups is 4. The lowest BCUT2D eigenvalue weighted by molar-refractivity contribution is -0.209. The first-order valence-corrected chi connectivity index (χ1v) is 13.5. The van der Waals surface area contributed by atoms with E-state index in [1.165, 1.54) is 11.1 Å². The SMILES string of the molecule is CC(C)=CCCC(O)C(O)CCC(C)=CCCC(O)C1(C)CCC(C)(C(C)(O)CCC=C(C)C)O1. The fourth-order valence-corrected chi connectivity index (χ4v) is 4.82. The van der Waals surface area contributed by atoms with Crippen molar-refractivity contribution in [3.05, 3.63) is 34.9 Å². The van der Waals surface area contributed by atoms with Crippen molar-refractivity contribution in [2.45, 2.75) is 155 Å². The second kappa shape index (κ2) is 14.1. The second-order valence-electron chi connectivity index (χ2n) is 11.9. The molecule has 1 rings (SSSR count). The van der Waals surface area contributed by atoms with E-state index in [4.69, 9.17) is 4.74 Å². The monoisotopic (exact) mass is 494 g/mol. The molecule has 0 aromatic rings. The van der Waals surface area contributed by atoms with E-state index in [0.29, 0.717) is 38.5 Å². The average molecular weight is 495 g/mol. The van der Waals surface area contributed by atoms with Crippen molar-refractivity contribution >= 4 is 0 Å². The van der Waals surface area contributed by atoms with Crippen molar-refractivity contribution in [2.75, 3.05) is 0 Å². The third-order valence-electron chi connectivity index (χ3n) is 7.81. The highest BCUT2D eigenvalue weighted by Crippen LogP contribution is 2.47. The molecule has 1 aliphatic heterocycles. The highest BCUT2D eigenvalue weighted by atomic mass is 16.6. The van der Waals surface area contributed by atoms with Gasteiger partial charge in [0.2, 0.25) is 0 Å². The van der Waals surface area contributed by atoms with Crippen LogP contribution in [0.2, 0.25) is 0 Å². The summed E-state index contributed by atoms with van der Waals surface area (Å²) in [5, 5.41) is 42.5. The Labute approximate surface area is 215 Å². The van der Waals surface area contributed by atoms with E-state index < -0.39 is 35.1 Å². The third-order valence-corrected chi connectivity index (χ3v) is 7.81. The molecule has 1 saturated heterocycles. The molecule has 5 nitrogen and oxygen atoms in total. The summed E-state index contributed by atoms with van der Waals surface area (Å²) in [7, 11) is 0. The highest BCUT2D eigenvalue weighted by molar-refractivity contribution is 5.07. The highest BCUT2D eigenvalue weighted by Gasteiger charge is 2.55. The Balaban J connectivity index is 2.52. The first-order chi connectivity index (χ1) is 16.1. The molecule has 204 valence electrons. The number of hydrogen-bond acceptors (Lipinski definition) is 5. The lowest BCUT2D eigenvalue weighted by Crippen LogP contribution is -2.52. The molecule has 0 aromatic heterocycles. The average Bonchev–Trinajstić information content (AvgIpc) is 3.09. The van der Waals surface area contributed by atoms with Crippen LogP contribution in [0.3, 0.4) is 0 Å². The zero-order valence-electron chi connectivity index (χ0n) is 23.7. The number of ether oxygens (including phenoxy) is 1. The van der Waals surface area contributed by atoms with Crippen LogP contribution < -0.4 is 0 Å². The molecule has 1 fully saturated rings. The lowest BCUT2D eigenvalue weighted by Gasteiger charge is -2.42. The molecule has 35 heavy (non-hydrogen) atoms. The van der Waals surface area contributed by atoms with E-state index in [2.05, 4.69) is 32.1 Å². The predicted molar refractivity (Wildman–Crippen MR) is 145 cm³/mol. The van der Waals surface area contributed by atoms with E-state index in [1.807, 2.05) is 41.5 Å². The molecule has 0 radical (unpaired) electrons. The van der Waals surface area contributed by atoms with Gasteiger partial charge in [-0.05, 0) is 120 Å². The topological polar surface area (TPSA) is 90.2 Å². The van der Waals surface area contributed by atoms with E-state index in [-0.39, 0.29) is 0 Å². The Kier molecular flexibility index (Phi) is 12.9. The standard InChI is InChI=1S/C30H54O5/c1-22(2)12-9-15-25(31)26(32)18-17-24(5)14-10-16-27(33)28(6)20-21-30(8,35-28)29(7,34)19-11-13-23(3)4/h12-14,25-27,31-34H,9-11,15-21H2,1-8H3. The number of allylic oxidation sites excluding steroid dienone is 6. The summed E-state index contributed by atoms with van der Waals surface area (Å²) >= 11 is 0. The number of hydrogen-bond donors (Lipinski definition) is 4. The first-order valence-electron chi connectivity index (χ1n) is 13.5. The molecule has 6 unspecified atom stereocenters.